The molecule has 88 valence electrons. The summed E-state index contributed by atoms with van der Waals surface area (Å²) in [5, 5.41) is 13.7. The Kier molecular flexibility index (Phi) is 3.77. The molecule has 1 aliphatic rings. The SMILES string of the molecule is CSC(C)CNC1CCc2cc(O)ccc21. The third-order valence-electron chi connectivity index (χ3n) is 3.26. The summed E-state index contributed by atoms with van der Waals surface area (Å²) in [7, 11) is 0. The number of phenols is 1. The van der Waals surface area contributed by atoms with Gasteiger partial charge in [0.05, 0.1) is 0 Å². The van der Waals surface area contributed by atoms with Gasteiger partial charge in [0.25, 0.3) is 0 Å². The summed E-state index contributed by atoms with van der Waals surface area (Å²) >= 11 is 1.89. The molecule has 0 heterocycles. The maximum absolute atomic E-state index is 9.42. The van der Waals surface area contributed by atoms with Gasteiger partial charge >= 0.3 is 0 Å². The molecule has 2 N–H and O–H groups in total. The summed E-state index contributed by atoms with van der Waals surface area (Å²) in [5.74, 6) is 0.386. The van der Waals surface area contributed by atoms with Crippen molar-refractivity contribution in [3.05, 3.63) is 29.3 Å². The zero-order valence-electron chi connectivity index (χ0n) is 9.86. The van der Waals surface area contributed by atoms with Gasteiger partial charge in [-0.25, -0.2) is 0 Å². The summed E-state index contributed by atoms with van der Waals surface area (Å²) < 4.78 is 0. The number of aryl methyl sites for hydroxylation is 1. The Morgan fingerprint density at radius 3 is 3.12 bits per heavy atom. The molecule has 1 aromatic carbocycles. The van der Waals surface area contributed by atoms with E-state index in [4.69, 9.17) is 0 Å². The first-order valence-electron chi connectivity index (χ1n) is 5.78. The second-order valence-corrected chi connectivity index (χ2v) is 5.71. The van der Waals surface area contributed by atoms with E-state index < -0.39 is 0 Å². The van der Waals surface area contributed by atoms with Gasteiger partial charge in [-0.1, -0.05) is 13.0 Å². The van der Waals surface area contributed by atoms with E-state index in [0.29, 0.717) is 17.0 Å². The van der Waals surface area contributed by atoms with E-state index in [0.717, 1.165) is 19.4 Å². The largest absolute Gasteiger partial charge is 0.508 e. The molecule has 1 aromatic rings. The minimum atomic E-state index is 0.386. The highest BCUT2D eigenvalue weighted by Crippen LogP contribution is 2.33. The normalized spacial score (nSPS) is 20.8. The number of hydrogen-bond donors (Lipinski definition) is 2. The van der Waals surface area contributed by atoms with Crippen LogP contribution in [-0.4, -0.2) is 23.2 Å². The number of nitrogens with one attached hydrogen (secondary N) is 1. The molecule has 0 saturated heterocycles. The predicted molar refractivity (Wildman–Crippen MR) is 70.1 cm³/mol. The van der Waals surface area contributed by atoms with E-state index in [2.05, 4.69) is 24.6 Å². The Hall–Kier alpha value is -0.670. The molecule has 16 heavy (non-hydrogen) atoms. The fourth-order valence-electron chi connectivity index (χ4n) is 2.21. The predicted octanol–water partition coefficient (Wildman–Crippen LogP) is 2.72. The topological polar surface area (TPSA) is 32.3 Å². The van der Waals surface area contributed by atoms with Crippen LogP contribution in [0.4, 0.5) is 0 Å². The molecule has 0 bridgehead atoms. The quantitative estimate of drug-likeness (QED) is 0.844. The molecule has 2 rings (SSSR count). The van der Waals surface area contributed by atoms with Crippen LogP contribution in [0.2, 0.25) is 0 Å². The van der Waals surface area contributed by atoms with Crippen LogP contribution in [0.1, 0.15) is 30.5 Å². The lowest BCUT2D eigenvalue weighted by Gasteiger charge is -2.16. The number of aromatic hydroxyl groups is 1. The number of fused-ring (bicyclic) bond motifs is 1. The van der Waals surface area contributed by atoms with Gasteiger partial charge in [0, 0.05) is 17.8 Å². The lowest BCUT2D eigenvalue weighted by atomic mass is 10.1. The molecular formula is C13H19NOS. The van der Waals surface area contributed by atoms with Crippen LogP contribution < -0.4 is 5.32 Å². The molecular weight excluding hydrogens is 218 g/mol. The lowest BCUT2D eigenvalue weighted by molar-refractivity contribution is 0.474. The van der Waals surface area contributed by atoms with Crippen LogP contribution in [-0.2, 0) is 6.42 Å². The second kappa shape index (κ2) is 5.11. The number of thioether (sulfide) groups is 1. The molecule has 2 unspecified atom stereocenters. The Morgan fingerprint density at radius 2 is 2.38 bits per heavy atom. The molecule has 2 nitrogen and oxygen atoms in total. The number of hydrogen-bond acceptors (Lipinski definition) is 3. The standard InChI is InChI=1S/C13H19NOS/c1-9(16-2)8-14-13-6-3-10-7-11(15)4-5-12(10)13/h4-5,7,9,13-15H,3,6,8H2,1-2H3. The molecule has 3 heteroatoms. The van der Waals surface area contributed by atoms with Gasteiger partial charge in [0.15, 0.2) is 0 Å². The van der Waals surface area contributed by atoms with Gasteiger partial charge in [-0.15, -0.1) is 0 Å². The van der Waals surface area contributed by atoms with Crippen LogP contribution in [0.15, 0.2) is 18.2 Å². The average Bonchev–Trinajstić information content (AvgIpc) is 2.68. The summed E-state index contributed by atoms with van der Waals surface area (Å²) in [6.45, 7) is 3.29. The van der Waals surface area contributed by atoms with Gasteiger partial charge < -0.3 is 10.4 Å². The van der Waals surface area contributed by atoms with Crippen molar-refractivity contribution in [1.29, 1.82) is 0 Å². The van der Waals surface area contributed by atoms with Crippen LogP contribution in [0.5, 0.6) is 5.75 Å². The van der Waals surface area contributed by atoms with Gasteiger partial charge in [0.1, 0.15) is 5.75 Å². The van der Waals surface area contributed by atoms with Crippen molar-refractivity contribution in [3.63, 3.8) is 0 Å². The lowest BCUT2D eigenvalue weighted by Crippen LogP contribution is -2.26. The van der Waals surface area contributed by atoms with Gasteiger partial charge in [-0.05, 0) is 42.4 Å². The molecule has 2 atom stereocenters. The molecule has 0 spiro atoms. The van der Waals surface area contributed by atoms with E-state index in [-0.39, 0.29) is 0 Å². The van der Waals surface area contributed by atoms with E-state index in [1.807, 2.05) is 17.8 Å². The first-order chi connectivity index (χ1) is 7.70. The Balaban J connectivity index is 2.01. The maximum Gasteiger partial charge on any atom is 0.115 e. The molecule has 0 fully saturated rings. The summed E-state index contributed by atoms with van der Waals surface area (Å²) in [4.78, 5) is 0. The number of benzene rings is 1. The number of rotatable bonds is 4. The summed E-state index contributed by atoms with van der Waals surface area (Å²) in [5.41, 5.74) is 2.67. The number of phenolic OH excluding ortho intramolecular Hbond substituents is 1. The average molecular weight is 237 g/mol. The highest BCUT2D eigenvalue weighted by Gasteiger charge is 2.22. The monoisotopic (exact) mass is 237 g/mol. The van der Waals surface area contributed by atoms with Crippen molar-refractivity contribution in [2.75, 3.05) is 12.8 Å². The first-order valence-corrected chi connectivity index (χ1v) is 7.07. The summed E-state index contributed by atoms with van der Waals surface area (Å²) in [6.07, 6.45) is 4.38. The van der Waals surface area contributed by atoms with E-state index in [9.17, 15) is 5.11 Å². The van der Waals surface area contributed by atoms with Crippen molar-refractivity contribution in [2.24, 2.45) is 0 Å². The Morgan fingerprint density at radius 1 is 1.56 bits per heavy atom. The minimum Gasteiger partial charge on any atom is -0.508 e. The maximum atomic E-state index is 9.42. The Labute approximate surface area is 101 Å². The highest BCUT2D eigenvalue weighted by atomic mass is 32.2. The molecule has 0 aromatic heterocycles. The fraction of sp³-hybridized carbons (Fsp3) is 0.538. The third-order valence-corrected chi connectivity index (χ3v) is 4.23. The minimum absolute atomic E-state index is 0.386. The van der Waals surface area contributed by atoms with Gasteiger partial charge in [-0.2, -0.15) is 11.8 Å². The zero-order valence-corrected chi connectivity index (χ0v) is 10.7. The van der Waals surface area contributed by atoms with Crippen molar-refractivity contribution in [3.8, 4) is 5.75 Å². The smallest absolute Gasteiger partial charge is 0.115 e. The second-order valence-electron chi connectivity index (χ2n) is 4.43. The molecule has 0 saturated carbocycles. The summed E-state index contributed by atoms with van der Waals surface area (Å²) in [6, 6.07) is 6.22. The molecule has 0 radical (unpaired) electrons. The Bertz CT molecular complexity index is 367. The van der Waals surface area contributed by atoms with Crippen molar-refractivity contribution >= 4 is 11.8 Å². The van der Waals surface area contributed by atoms with Crippen LogP contribution >= 0.6 is 11.8 Å². The van der Waals surface area contributed by atoms with Gasteiger partial charge in [-0.3, -0.25) is 0 Å². The van der Waals surface area contributed by atoms with Crippen LogP contribution in [0.3, 0.4) is 0 Å². The van der Waals surface area contributed by atoms with Crippen LogP contribution in [0.25, 0.3) is 0 Å². The van der Waals surface area contributed by atoms with E-state index >= 15 is 0 Å². The zero-order chi connectivity index (χ0) is 11.5. The van der Waals surface area contributed by atoms with Crippen molar-refractivity contribution in [2.45, 2.75) is 31.1 Å². The fourth-order valence-corrected chi connectivity index (χ4v) is 2.47. The molecule has 0 aliphatic heterocycles. The van der Waals surface area contributed by atoms with E-state index in [1.54, 1.807) is 6.07 Å². The first kappa shape index (κ1) is 11.8. The highest BCUT2D eigenvalue weighted by molar-refractivity contribution is 7.99. The van der Waals surface area contributed by atoms with Crippen LogP contribution in [0, 0.1) is 0 Å². The van der Waals surface area contributed by atoms with Crippen molar-refractivity contribution in [1.82, 2.24) is 5.32 Å². The molecule has 0 amide bonds. The van der Waals surface area contributed by atoms with Crippen molar-refractivity contribution < 1.29 is 5.11 Å². The molecule has 1 aliphatic carbocycles. The van der Waals surface area contributed by atoms with Gasteiger partial charge in [0.2, 0.25) is 0 Å². The third kappa shape index (κ3) is 2.53. The van der Waals surface area contributed by atoms with E-state index in [1.165, 1.54) is 11.1 Å².